The molecule has 9 heteroatoms. The van der Waals surface area contributed by atoms with Crippen LogP contribution in [0.25, 0.3) is 0 Å². The van der Waals surface area contributed by atoms with Crippen molar-refractivity contribution in [1.82, 2.24) is 9.80 Å². The van der Waals surface area contributed by atoms with Crippen molar-refractivity contribution in [3.8, 4) is 11.5 Å². The predicted octanol–water partition coefficient (Wildman–Crippen LogP) is 4.56. The van der Waals surface area contributed by atoms with Crippen LogP contribution in [0.3, 0.4) is 0 Å². The number of benzene rings is 2. The summed E-state index contributed by atoms with van der Waals surface area (Å²) in [5.74, 6) is 1.94. The Balaban J connectivity index is 1.55. The van der Waals surface area contributed by atoms with Crippen LogP contribution < -0.4 is 20.1 Å². The van der Waals surface area contributed by atoms with Gasteiger partial charge in [-0.2, -0.15) is 0 Å². The van der Waals surface area contributed by atoms with E-state index in [1.54, 1.807) is 68.6 Å². The van der Waals surface area contributed by atoms with Crippen molar-refractivity contribution in [2.45, 2.75) is 38.8 Å². The van der Waals surface area contributed by atoms with Gasteiger partial charge in [0.05, 0.1) is 18.8 Å². The molecule has 4 rings (SSSR count). The fourth-order valence-corrected chi connectivity index (χ4v) is 4.81. The summed E-state index contributed by atoms with van der Waals surface area (Å²) < 4.78 is 17.3. The van der Waals surface area contributed by atoms with E-state index in [-0.39, 0.29) is 24.0 Å². The van der Waals surface area contributed by atoms with Crippen LogP contribution in [0, 0.1) is 11.8 Å². The lowest BCUT2D eigenvalue weighted by molar-refractivity contribution is 0.00994. The van der Waals surface area contributed by atoms with Gasteiger partial charge in [-0.3, -0.25) is 9.69 Å². The molecule has 38 heavy (non-hydrogen) atoms. The van der Waals surface area contributed by atoms with E-state index in [1.807, 2.05) is 0 Å². The molecule has 2 N–H and O–H groups in total. The Bertz CT molecular complexity index is 1120. The molecule has 1 saturated carbocycles. The summed E-state index contributed by atoms with van der Waals surface area (Å²) in [5, 5.41) is 5.64. The normalized spacial score (nSPS) is 22.9. The average Bonchev–Trinajstić information content (AvgIpc) is 3.73. The molecule has 2 aliphatic rings. The highest BCUT2D eigenvalue weighted by molar-refractivity contribution is 6.01. The van der Waals surface area contributed by atoms with Crippen molar-refractivity contribution in [3.05, 3.63) is 48.0 Å². The van der Waals surface area contributed by atoms with Crippen molar-refractivity contribution in [1.29, 1.82) is 0 Å². The summed E-state index contributed by atoms with van der Waals surface area (Å²) >= 11 is 0. The Morgan fingerprint density at radius 2 is 1.79 bits per heavy atom. The van der Waals surface area contributed by atoms with Crippen LogP contribution in [0.2, 0.25) is 0 Å². The smallest absolute Gasteiger partial charge is 0.323 e. The van der Waals surface area contributed by atoms with Crippen LogP contribution in [0.15, 0.2) is 42.5 Å². The van der Waals surface area contributed by atoms with E-state index >= 15 is 0 Å². The van der Waals surface area contributed by atoms with Gasteiger partial charge in [-0.25, -0.2) is 4.79 Å². The number of carbonyl (C=O) groups is 2. The van der Waals surface area contributed by atoms with E-state index < -0.39 is 6.03 Å². The maximum Gasteiger partial charge on any atom is 0.323 e. The van der Waals surface area contributed by atoms with E-state index in [0.717, 1.165) is 19.0 Å². The molecule has 0 aromatic heterocycles. The topological polar surface area (TPSA) is 92.4 Å². The molecule has 3 atom stereocenters. The van der Waals surface area contributed by atoms with Gasteiger partial charge >= 0.3 is 6.03 Å². The molecule has 1 heterocycles. The SMILES string of the molecule is COc1cccc(NC(=O)Nc2ccc3c(c2)OC[C@@H](C)N(CC2CC2)C[C@@H](C)[C@H](OC)CN(C)C3=O)c1. The van der Waals surface area contributed by atoms with Gasteiger partial charge in [-0.15, -0.1) is 0 Å². The molecule has 2 aromatic carbocycles. The first kappa shape index (κ1) is 27.7. The highest BCUT2D eigenvalue weighted by Gasteiger charge is 2.31. The van der Waals surface area contributed by atoms with Gasteiger partial charge < -0.3 is 29.7 Å². The number of carbonyl (C=O) groups excluding carboxylic acids is 2. The first-order valence-corrected chi connectivity index (χ1v) is 13.3. The van der Waals surface area contributed by atoms with Crippen molar-refractivity contribution >= 4 is 23.3 Å². The molecule has 1 fully saturated rings. The molecule has 3 amide bonds. The zero-order chi connectivity index (χ0) is 27.2. The maximum atomic E-state index is 13.4. The fourth-order valence-electron chi connectivity index (χ4n) is 4.81. The number of urea groups is 1. The number of nitrogens with one attached hydrogen (secondary N) is 2. The Morgan fingerprint density at radius 3 is 2.47 bits per heavy atom. The Kier molecular flexibility index (Phi) is 9.12. The van der Waals surface area contributed by atoms with Gasteiger partial charge in [0.2, 0.25) is 0 Å². The summed E-state index contributed by atoms with van der Waals surface area (Å²) in [6, 6.07) is 12.0. The Morgan fingerprint density at radius 1 is 1.05 bits per heavy atom. The summed E-state index contributed by atoms with van der Waals surface area (Å²) in [6.07, 6.45) is 2.47. The van der Waals surface area contributed by atoms with E-state index in [0.29, 0.717) is 41.6 Å². The second-order valence-electron chi connectivity index (χ2n) is 10.5. The van der Waals surface area contributed by atoms with Gasteiger partial charge in [-0.1, -0.05) is 13.0 Å². The van der Waals surface area contributed by atoms with Crippen LogP contribution in [0.1, 0.15) is 37.0 Å². The van der Waals surface area contributed by atoms with E-state index in [1.165, 1.54) is 12.8 Å². The van der Waals surface area contributed by atoms with E-state index in [2.05, 4.69) is 29.4 Å². The number of ether oxygens (including phenoxy) is 3. The zero-order valence-corrected chi connectivity index (χ0v) is 23.0. The molecule has 1 aliphatic carbocycles. The monoisotopic (exact) mass is 524 g/mol. The van der Waals surface area contributed by atoms with Gasteiger partial charge in [0.25, 0.3) is 5.91 Å². The zero-order valence-electron chi connectivity index (χ0n) is 23.0. The van der Waals surface area contributed by atoms with Crippen LogP contribution in [0.5, 0.6) is 11.5 Å². The number of rotatable bonds is 6. The number of amides is 3. The molecule has 2 aromatic rings. The summed E-state index contributed by atoms with van der Waals surface area (Å²) in [5.41, 5.74) is 1.58. The molecule has 0 unspecified atom stereocenters. The molecule has 0 saturated heterocycles. The third kappa shape index (κ3) is 7.17. The first-order valence-electron chi connectivity index (χ1n) is 13.3. The molecular weight excluding hydrogens is 484 g/mol. The predicted molar refractivity (Wildman–Crippen MR) is 148 cm³/mol. The van der Waals surface area contributed by atoms with E-state index in [9.17, 15) is 9.59 Å². The highest BCUT2D eigenvalue weighted by Crippen LogP contribution is 2.32. The van der Waals surface area contributed by atoms with Crippen LogP contribution >= 0.6 is 0 Å². The van der Waals surface area contributed by atoms with Crippen LogP contribution in [-0.2, 0) is 4.74 Å². The third-order valence-corrected chi connectivity index (χ3v) is 7.35. The highest BCUT2D eigenvalue weighted by atomic mass is 16.5. The standard InChI is InChI=1S/C29H40N4O5/c1-19-15-33(16-21-9-10-21)20(2)18-38-26-14-23(11-12-25(26)28(34)32(3)17-27(19)37-5)31-29(35)30-22-7-6-8-24(13-22)36-4/h6-8,11-14,19-21,27H,9-10,15-18H2,1-5H3,(H2,30,31,35)/t19-,20-,27-/m1/s1. The van der Waals surface area contributed by atoms with Gasteiger partial charge in [0, 0.05) is 63.3 Å². The minimum absolute atomic E-state index is 0.0807. The quantitative estimate of drug-likeness (QED) is 0.576. The lowest BCUT2D eigenvalue weighted by Crippen LogP contribution is -2.47. The Hall–Kier alpha value is -3.30. The van der Waals surface area contributed by atoms with Crippen molar-refractivity contribution in [3.63, 3.8) is 0 Å². The molecule has 0 spiro atoms. The molecule has 0 bridgehead atoms. The van der Waals surface area contributed by atoms with E-state index in [4.69, 9.17) is 14.2 Å². The van der Waals surface area contributed by atoms with Crippen molar-refractivity contribution < 1.29 is 23.8 Å². The molecule has 206 valence electrons. The minimum Gasteiger partial charge on any atom is -0.497 e. The second kappa shape index (κ2) is 12.5. The number of likely N-dealkylation sites (N-methyl/N-ethyl adjacent to an activating group) is 1. The average molecular weight is 525 g/mol. The summed E-state index contributed by atoms with van der Waals surface area (Å²) in [4.78, 5) is 30.3. The number of fused-ring (bicyclic) bond motifs is 1. The summed E-state index contributed by atoms with van der Waals surface area (Å²) in [6.45, 7) is 7.18. The van der Waals surface area contributed by atoms with Gasteiger partial charge in [0.1, 0.15) is 18.1 Å². The summed E-state index contributed by atoms with van der Waals surface area (Å²) in [7, 11) is 5.08. The fraction of sp³-hybridized carbons (Fsp3) is 0.517. The van der Waals surface area contributed by atoms with Crippen molar-refractivity contribution in [2.75, 3.05) is 58.1 Å². The minimum atomic E-state index is -0.407. The largest absolute Gasteiger partial charge is 0.497 e. The van der Waals surface area contributed by atoms with Gasteiger partial charge in [-0.05, 0) is 55.9 Å². The van der Waals surface area contributed by atoms with Crippen LogP contribution in [0.4, 0.5) is 16.2 Å². The number of methoxy groups -OCH3 is 2. The lowest BCUT2D eigenvalue weighted by atomic mass is 10.0. The number of anilines is 2. The third-order valence-electron chi connectivity index (χ3n) is 7.35. The first-order chi connectivity index (χ1) is 18.3. The van der Waals surface area contributed by atoms with Gasteiger partial charge in [0.15, 0.2) is 0 Å². The van der Waals surface area contributed by atoms with Crippen LogP contribution in [-0.4, -0.2) is 81.4 Å². The number of hydrogen-bond acceptors (Lipinski definition) is 6. The molecule has 1 aliphatic heterocycles. The maximum absolute atomic E-state index is 13.4. The Labute approximate surface area is 225 Å². The molecule has 0 radical (unpaired) electrons. The van der Waals surface area contributed by atoms with Crippen molar-refractivity contribution in [2.24, 2.45) is 11.8 Å². The molecular formula is C29H40N4O5. The lowest BCUT2D eigenvalue weighted by Gasteiger charge is -2.36. The number of nitrogens with zero attached hydrogens (tertiary/aromatic N) is 2. The molecule has 9 nitrogen and oxygen atoms in total. The second-order valence-corrected chi connectivity index (χ2v) is 10.5. The number of hydrogen-bond donors (Lipinski definition) is 2.